The van der Waals surface area contributed by atoms with E-state index in [1.54, 1.807) is 25.1 Å². The molecule has 0 atom stereocenters. The van der Waals surface area contributed by atoms with E-state index in [-0.39, 0.29) is 5.91 Å². The summed E-state index contributed by atoms with van der Waals surface area (Å²) in [5, 5.41) is 6.43. The number of nitrogens with zero attached hydrogens (tertiary/aromatic N) is 1. The number of amides is 1. The van der Waals surface area contributed by atoms with Gasteiger partial charge in [-0.1, -0.05) is 5.16 Å². The van der Waals surface area contributed by atoms with Gasteiger partial charge in [-0.15, -0.1) is 0 Å². The number of nitrogens with two attached hydrogens (primary N) is 1. The molecule has 0 saturated carbocycles. The maximum atomic E-state index is 12.1. The fourth-order valence-corrected chi connectivity index (χ4v) is 1.60. The van der Waals surface area contributed by atoms with Gasteiger partial charge in [0.05, 0.1) is 18.4 Å². The van der Waals surface area contributed by atoms with Crippen molar-refractivity contribution in [1.82, 2.24) is 5.16 Å². The Morgan fingerprint density at radius 2 is 2.16 bits per heavy atom. The minimum atomic E-state index is -0.337. The Morgan fingerprint density at radius 3 is 2.74 bits per heavy atom. The number of carbonyl (C=O) groups is 1. The molecular weight excluding hydrogens is 246 g/mol. The molecule has 0 aliphatic heterocycles. The van der Waals surface area contributed by atoms with Gasteiger partial charge in [0.1, 0.15) is 5.75 Å². The normalized spacial score (nSPS) is 10.3. The molecular formula is C13H15N3O3. The number of aryl methyl sites for hydroxylation is 1. The fourth-order valence-electron chi connectivity index (χ4n) is 1.60. The number of nitrogens with one attached hydrogen (secondary N) is 1. The van der Waals surface area contributed by atoms with Crippen LogP contribution in [-0.4, -0.2) is 18.2 Å². The molecule has 1 aromatic carbocycles. The third-order valence-electron chi connectivity index (χ3n) is 2.85. The van der Waals surface area contributed by atoms with Gasteiger partial charge < -0.3 is 15.0 Å². The van der Waals surface area contributed by atoms with Crippen molar-refractivity contribution >= 4 is 17.5 Å². The highest BCUT2D eigenvalue weighted by molar-refractivity contribution is 6.06. The van der Waals surface area contributed by atoms with Gasteiger partial charge in [0, 0.05) is 17.3 Å². The van der Waals surface area contributed by atoms with E-state index in [0.29, 0.717) is 22.9 Å². The first-order valence-electron chi connectivity index (χ1n) is 5.70. The van der Waals surface area contributed by atoms with E-state index in [9.17, 15) is 4.79 Å². The maximum Gasteiger partial charge on any atom is 0.261 e. The first kappa shape index (κ1) is 12.9. The number of aromatic nitrogens is 1. The summed E-state index contributed by atoms with van der Waals surface area (Å²) < 4.78 is 10.2. The van der Waals surface area contributed by atoms with Crippen LogP contribution in [0.15, 0.2) is 22.7 Å². The van der Waals surface area contributed by atoms with E-state index in [1.165, 1.54) is 7.11 Å². The van der Waals surface area contributed by atoms with E-state index in [2.05, 4.69) is 10.5 Å². The number of ether oxygens (including phenoxy) is 1. The summed E-state index contributed by atoms with van der Waals surface area (Å²) in [5.41, 5.74) is 8.08. The van der Waals surface area contributed by atoms with Gasteiger partial charge in [-0.2, -0.15) is 0 Å². The van der Waals surface area contributed by atoms with Crippen LogP contribution < -0.4 is 15.8 Å². The van der Waals surface area contributed by atoms with Crippen LogP contribution in [0.2, 0.25) is 0 Å². The average molecular weight is 261 g/mol. The zero-order valence-corrected chi connectivity index (χ0v) is 11.0. The van der Waals surface area contributed by atoms with Crippen molar-refractivity contribution < 1.29 is 14.1 Å². The molecule has 0 aliphatic rings. The van der Waals surface area contributed by atoms with Gasteiger partial charge in [-0.25, -0.2) is 0 Å². The third-order valence-corrected chi connectivity index (χ3v) is 2.85. The molecule has 100 valence electrons. The van der Waals surface area contributed by atoms with E-state index < -0.39 is 0 Å². The van der Waals surface area contributed by atoms with Crippen LogP contribution >= 0.6 is 0 Å². The lowest BCUT2D eigenvalue weighted by Crippen LogP contribution is -2.13. The monoisotopic (exact) mass is 261 g/mol. The highest BCUT2D eigenvalue weighted by atomic mass is 16.5. The van der Waals surface area contributed by atoms with Crippen LogP contribution in [0.25, 0.3) is 0 Å². The summed E-state index contributed by atoms with van der Waals surface area (Å²) in [6.07, 6.45) is 0. The molecule has 1 amide bonds. The van der Waals surface area contributed by atoms with Crippen molar-refractivity contribution in [2.45, 2.75) is 13.8 Å². The van der Waals surface area contributed by atoms with Gasteiger partial charge in [0.2, 0.25) is 5.88 Å². The lowest BCUT2D eigenvalue weighted by atomic mass is 10.1. The molecule has 6 nitrogen and oxygen atoms in total. The smallest absolute Gasteiger partial charge is 0.261 e. The van der Waals surface area contributed by atoms with Crippen molar-refractivity contribution in [3.8, 4) is 5.75 Å². The fraction of sp³-hybridized carbons (Fsp3) is 0.231. The predicted octanol–water partition coefficient (Wildman–Crippen LogP) is 2.13. The van der Waals surface area contributed by atoms with Gasteiger partial charge in [-0.3, -0.25) is 10.1 Å². The third kappa shape index (κ3) is 2.52. The second kappa shape index (κ2) is 5.01. The highest BCUT2D eigenvalue weighted by Crippen LogP contribution is 2.24. The first-order chi connectivity index (χ1) is 9.02. The summed E-state index contributed by atoms with van der Waals surface area (Å²) in [7, 11) is 1.48. The summed E-state index contributed by atoms with van der Waals surface area (Å²) >= 11 is 0. The second-order valence-corrected chi connectivity index (χ2v) is 4.14. The summed E-state index contributed by atoms with van der Waals surface area (Å²) in [4.78, 5) is 12.1. The van der Waals surface area contributed by atoms with Crippen molar-refractivity contribution in [2.75, 3.05) is 18.2 Å². The van der Waals surface area contributed by atoms with Gasteiger partial charge in [-0.05, 0) is 26.0 Å². The van der Waals surface area contributed by atoms with E-state index >= 15 is 0 Å². The molecule has 0 fully saturated rings. The van der Waals surface area contributed by atoms with Crippen LogP contribution in [0.5, 0.6) is 5.75 Å². The summed E-state index contributed by atoms with van der Waals surface area (Å²) in [5.74, 6) is 0.406. The van der Waals surface area contributed by atoms with Crippen molar-refractivity contribution in [3.05, 3.63) is 35.0 Å². The number of nitrogen functional groups attached to an aromatic ring is 1. The SMILES string of the molecule is COc1cc(N)ccc1C(=O)Nc1onc(C)c1C. The lowest BCUT2D eigenvalue weighted by molar-refractivity contribution is 0.102. The molecule has 0 radical (unpaired) electrons. The molecule has 2 rings (SSSR count). The van der Waals surface area contributed by atoms with Crippen molar-refractivity contribution in [2.24, 2.45) is 0 Å². The standard InChI is InChI=1S/C13H15N3O3/c1-7-8(2)16-19-13(7)15-12(17)10-5-4-9(14)6-11(10)18-3/h4-6H,14H2,1-3H3,(H,15,17). The number of hydrogen-bond donors (Lipinski definition) is 2. The van der Waals surface area contributed by atoms with Crippen LogP contribution in [0.4, 0.5) is 11.6 Å². The quantitative estimate of drug-likeness (QED) is 0.826. The molecule has 1 heterocycles. The minimum absolute atomic E-state index is 0.335. The van der Waals surface area contributed by atoms with Crippen LogP contribution in [0, 0.1) is 13.8 Å². The summed E-state index contributed by atoms with van der Waals surface area (Å²) in [6, 6.07) is 4.82. The number of carbonyl (C=O) groups excluding carboxylic acids is 1. The number of rotatable bonds is 3. The van der Waals surface area contributed by atoms with Gasteiger partial charge in [0.15, 0.2) is 0 Å². The van der Waals surface area contributed by atoms with E-state index in [0.717, 1.165) is 11.3 Å². The Morgan fingerprint density at radius 1 is 1.42 bits per heavy atom. The van der Waals surface area contributed by atoms with E-state index in [4.69, 9.17) is 15.0 Å². The molecule has 2 aromatic rings. The minimum Gasteiger partial charge on any atom is -0.496 e. The van der Waals surface area contributed by atoms with Crippen LogP contribution in [0.1, 0.15) is 21.6 Å². The molecule has 19 heavy (non-hydrogen) atoms. The number of methoxy groups -OCH3 is 1. The number of hydrogen-bond acceptors (Lipinski definition) is 5. The maximum absolute atomic E-state index is 12.1. The summed E-state index contributed by atoms with van der Waals surface area (Å²) in [6.45, 7) is 3.62. The van der Waals surface area contributed by atoms with Crippen molar-refractivity contribution in [3.63, 3.8) is 0 Å². The zero-order chi connectivity index (χ0) is 14.0. The second-order valence-electron chi connectivity index (χ2n) is 4.14. The molecule has 0 spiro atoms. The Kier molecular flexibility index (Phi) is 3.41. The Bertz CT molecular complexity index is 620. The Hall–Kier alpha value is -2.50. The van der Waals surface area contributed by atoms with Crippen LogP contribution in [0.3, 0.4) is 0 Å². The molecule has 0 saturated heterocycles. The average Bonchev–Trinajstić information content (AvgIpc) is 2.70. The van der Waals surface area contributed by atoms with E-state index in [1.807, 2.05) is 6.92 Å². The largest absolute Gasteiger partial charge is 0.496 e. The number of anilines is 2. The molecule has 0 unspecified atom stereocenters. The topological polar surface area (TPSA) is 90.4 Å². The van der Waals surface area contributed by atoms with Crippen molar-refractivity contribution in [1.29, 1.82) is 0 Å². The highest BCUT2D eigenvalue weighted by Gasteiger charge is 2.16. The molecule has 6 heteroatoms. The molecule has 1 aromatic heterocycles. The van der Waals surface area contributed by atoms with Gasteiger partial charge >= 0.3 is 0 Å². The molecule has 0 aliphatic carbocycles. The molecule has 3 N–H and O–H groups in total. The first-order valence-corrected chi connectivity index (χ1v) is 5.70. The Labute approximate surface area is 110 Å². The van der Waals surface area contributed by atoms with Crippen LogP contribution in [-0.2, 0) is 0 Å². The lowest BCUT2D eigenvalue weighted by Gasteiger charge is -2.08. The molecule has 0 bridgehead atoms. The zero-order valence-electron chi connectivity index (χ0n) is 11.0. The number of benzene rings is 1. The Balaban J connectivity index is 2.27. The predicted molar refractivity (Wildman–Crippen MR) is 71.3 cm³/mol. The van der Waals surface area contributed by atoms with Gasteiger partial charge in [0.25, 0.3) is 5.91 Å².